The van der Waals surface area contributed by atoms with Crippen molar-refractivity contribution >= 4 is 27.4 Å². The Labute approximate surface area is 159 Å². The van der Waals surface area contributed by atoms with Gasteiger partial charge in [0.1, 0.15) is 22.5 Å². The summed E-state index contributed by atoms with van der Waals surface area (Å²) in [6.07, 6.45) is 0. The highest BCUT2D eigenvalue weighted by Crippen LogP contribution is 2.29. The minimum absolute atomic E-state index is 0.153. The molecule has 1 heterocycles. The minimum Gasteiger partial charge on any atom is -0.497 e. The molecule has 0 amide bonds. The second-order valence-electron chi connectivity index (χ2n) is 5.97. The third-order valence-corrected chi connectivity index (χ3v) is 6.36. The number of hydrogen-bond donors (Lipinski definition) is 1. The van der Waals surface area contributed by atoms with Gasteiger partial charge in [-0.15, -0.1) is 0 Å². The van der Waals surface area contributed by atoms with Gasteiger partial charge in [-0.3, -0.25) is 0 Å². The molecule has 0 spiro atoms. The molecular formula is C17H24ClN3O4S. The summed E-state index contributed by atoms with van der Waals surface area (Å²) < 4.78 is 37.7. The van der Waals surface area contributed by atoms with Gasteiger partial charge in [0.05, 0.1) is 20.0 Å². The van der Waals surface area contributed by atoms with Crippen LogP contribution in [-0.4, -0.2) is 45.6 Å². The molecule has 0 fully saturated rings. The van der Waals surface area contributed by atoms with E-state index >= 15 is 0 Å². The Morgan fingerprint density at radius 1 is 1.15 bits per heavy atom. The van der Waals surface area contributed by atoms with Gasteiger partial charge in [0.15, 0.2) is 0 Å². The molecule has 0 atom stereocenters. The number of aromatic nitrogens is 1. The highest BCUT2D eigenvalue weighted by molar-refractivity contribution is 7.88. The fourth-order valence-corrected chi connectivity index (χ4v) is 3.59. The number of sulfonamides is 1. The van der Waals surface area contributed by atoms with Crippen LogP contribution in [0.5, 0.6) is 11.5 Å². The molecule has 9 heteroatoms. The predicted molar refractivity (Wildman–Crippen MR) is 104 cm³/mol. The number of nitrogens with one attached hydrogen (secondary N) is 1. The van der Waals surface area contributed by atoms with Gasteiger partial charge in [0.2, 0.25) is 10.0 Å². The van der Waals surface area contributed by atoms with E-state index in [2.05, 4.69) is 5.32 Å². The van der Waals surface area contributed by atoms with Crippen LogP contribution in [0.3, 0.4) is 0 Å². The van der Waals surface area contributed by atoms with Crippen molar-refractivity contribution in [3.05, 3.63) is 40.5 Å². The number of halogens is 1. The van der Waals surface area contributed by atoms with Gasteiger partial charge in [-0.05, 0) is 18.2 Å². The first-order valence-corrected chi connectivity index (χ1v) is 9.87. The number of rotatable bonds is 8. The zero-order valence-corrected chi connectivity index (χ0v) is 17.1. The van der Waals surface area contributed by atoms with Crippen LogP contribution in [0.25, 0.3) is 0 Å². The van der Waals surface area contributed by atoms with Gasteiger partial charge in [0.25, 0.3) is 0 Å². The molecular weight excluding hydrogens is 378 g/mol. The SMILES string of the molecule is COc1ccc(CNc2cc(CS(=O)(=O)N(C)C)c(Cl)n2C)c(OC)c1. The summed E-state index contributed by atoms with van der Waals surface area (Å²) in [7, 11) is 4.59. The smallest absolute Gasteiger partial charge is 0.217 e. The molecule has 0 saturated heterocycles. The first-order chi connectivity index (χ1) is 12.2. The lowest BCUT2D eigenvalue weighted by molar-refractivity contribution is 0.391. The Hall–Kier alpha value is -1.90. The molecule has 0 radical (unpaired) electrons. The zero-order valence-electron chi connectivity index (χ0n) is 15.5. The number of benzene rings is 1. The number of methoxy groups -OCH3 is 2. The van der Waals surface area contributed by atoms with Crippen molar-refractivity contribution in [3.63, 3.8) is 0 Å². The van der Waals surface area contributed by atoms with E-state index in [0.717, 1.165) is 11.4 Å². The van der Waals surface area contributed by atoms with Gasteiger partial charge in [-0.25, -0.2) is 12.7 Å². The van der Waals surface area contributed by atoms with Crippen molar-refractivity contribution in [2.45, 2.75) is 12.3 Å². The lowest BCUT2D eigenvalue weighted by atomic mass is 10.2. The first kappa shape index (κ1) is 20.4. The lowest BCUT2D eigenvalue weighted by Crippen LogP contribution is -2.23. The summed E-state index contributed by atoms with van der Waals surface area (Å²) in [4.78, 5) is 0. The van der Waals surface area contributed by atoms with Crippen LogP contribution in [0.15, 0.2) is 24.3 Å². The Kier molecular flexibility index (Phi) is 6.44. The average Bonchev–Trinajstić information content (AvgIpc) is 2.87. The van der Waals surface area contributed by atoms with Crippen LogP contribution >= 0.6 is 11.6 Å². The van der Waals surface area contributed by atoms with Crippen molar-refractivity contribution < 1.29 is 17.9 Å². The van der Waals surface area contributed by atoms with Crippen molar-refractivity contribution in [3.8, 4) is 11.5 Å². The summed E-state index contributed by atoms with van der Waals surface area (Å²) in [5, 5.41) is 3.66. The highest BCUT2D eigenvalue weighted by atomic mass is 35.5. The molecule has 1 N–H and O–H groups in total. The fourth-order valence-electron chi connectivity index (χ4n) is 2.42. The van der Waals surface area contributed by atoms with E-state index in [-0.39, 0.29) is 5.75 Å². The predicted octanol–water partition coefficient (Wildman–Crippen LogP) is 2.70. The average molecular weight is 402 g/mol. The van der Waals surface area contributed by atoms with E-state index in [4.69, 9.17) is 21.1 Å². The molecule has 2 aromatic rings. The summed E-state index contributed by atoms with van der Waals surface area (Å²) in [6, 6.07) is 7.32. The fraction of sp³-hybridized carbons (Fsp3) is 0.412. The number of anilines is 1. The van der Waals surface area contributed by atoms with E-state index in [1.165, 1.54) is 18.4 Å². The minimum atomic E-state index is -3.39. The van der Waals surface area contributed by atoms with E-state index in [1.54, 1.807) is 31.9 Å². The van der Waals surface area contributed by atoms with E-state index in [1.807, 2.05) is 18.2 Å². The third-order valence-electron chi connectivity index (χ3n) is 4.08. The zero-order chi connectivity index (χ0) is 19.5. The van der Waals surface area contributed by atoms with E-state index < -0.39 is 10.0 Å². The Morgan fingerprint density at radius 2 is 1.85 bits per heavy atom. The second-order valence-corrected chi connectivity index (χ2v) is 8.52. The van der Waals surface area contributed by atoms with Crippen molar-refractivity contribution in [2.75, 3.05) is 33.6 Å². The summed E-state index contributed by atoms with van der Waals surface area (Å²) in [5.74, 6) is 1.98. The van der Waals surface area contributed by atoms with Crippen LogP contribution in [0.1, 0.15) is 11.1 Å². The Bertz CT molecular complexity index is 878. The topological polar surface area (TPSA) is 72.8 Å². The van der Waals surface area contributed by atoms with Crippen molar-refractivity contribution in [2.24, 2.45) is 7.05 Å². The molecule has 0 bridgehead atoms. The summed E-state index contributed by atoms with van der Waals surface area (Å²) in [6.45, 7) is 0.487. The van der Waals surface area contributed by atoms with Gasteiger partial charge in [0, 0.05) is 44.9 Å². The van der Waals surface area contributed by atoms with Crippen LogP contribution in [0.4, 0.5) is 5.82 Å². The maximum atomic E-state index is 12.1. The Morgan fingerprint density at radius 3 is 2.42 bits per heavy atom. The van der Waals surface area contributed by atoms with Gasteiger partial charge in [-0.1, -0.05) is 11.6 Å². The van der Waals surface area contributed by atoms with E-state index in [0.29, 0.717) is 28.8 Å². The quantitative estimate of drug-likeness (QED) is 0.736. The molecule has 0 aliphatic rings. The standard InChI is InChI=1S/C17H24ClN3O4S/c1-20(2)26(22,23)11-13-8-16(21(3)17(13)18)19-10-12-6-7-14(24-4)9-15(12)25-5/h6-9,19H,10-11H2,1-5H3. The molecule has 144 valence electrons. The molecule has 2 rings (SSSR count). The van der Waals surface area contributed by atoms with Crippen LogP contribution < -0.4 is 14.8 Å². The molecule has 0 aliphatic carbocycles. The first-order valence-electron chi connectivity index (χ1n) is 7.88. The van der Waals surface area contributed by atoms with Crippen LogP contribution in [-0.2, 0) is 29.4 Å². The maximum absolute atomic E-state index is 12.1. The van der Waals surface area contributed by atoms with E-state index in [9.17, 15) is 8.42 Å². The number of nitrogens with zero attached hydrogens (tertiary/aromatic N) is 2. The summed E-state index contributed by atoms with van der Waals surface area (Å²) >= 11 is 6.30. The van der Waals surface area contributed by atoms with Crippen molar-refractivity contribution in [1.29, 1.82) is 0 Å². The monoisotopic (exact) mass is 401 g/mol. The Balaban J connectivity index is 2.20. The van der Waals surface area contributed by atoms with Crippen LogP contribution in [0, 0.1) is 0 Å². The molecule has 26 heavy (non-hydrogen) atoms. The molecule has 7 nitrogen and oxygen atoms in total. The maximum Gasteiger partial charge on any atom is 0.217 e. The highest BCUT2D eigenvalue weighted by Gasteiger charge is 2.20. The van der Waals surface area contributed by atoms with Gasteiger partial charge >= 0.3 is 0 Å². The molecule has 1 aromatic heterocycles. The van der Waals surface area contributed by atoms with Crippen LogP contribution in [0.2, 0.25) is 5.15 Å². The number of hydrogen-bond acceptors (Lipinski definition) is 5. The lowest BCUT2D eigenvalue weighted by Gasteiger charge is -2.12. The van der Waals surface area contributed by atoms with Gasteiger partial charge in [-0.2, -0.15) is 0 Å². The molecule has 0 saturated carbocycles. The molecule has 1 aromatic carbocycles. The third kappa shape index (κ3) is 4.44. The second kappa shape index (κ2) is 8.20. The summed E-state index contributed by atoms with van der Waals surface area (Å²) in [5.41, 5.74) is 1.49. The number of ether oxygens (including phenoxy) is 2. The van der Waals surface area contributed by atoms with Crippen molar-refractivity contribution in [1.82, 2.24) is 8.87 Å². The normalized spacial score (nSPS) is 11.7. The molecule has 0 aliphatic heterocycles. The molecule has 0 unspecified atom stereocenters. The van der Waals surface area contributed by atoms with Gasteiger partial charge < -0.3 is 19.4 Å². The largest absolute Gasteiger partial charge is 0.497 e.